The van der Waals surface area contributed by atoms with E-state index in [0.717, 1.165) is 17.1 Å². The third-order valence-corrected chi connectivity index (χ3v) is 11.8. The van der Waals surface area contributed by atoms with Crippen molar-refractivity contribution in [1.29, 1.82) is 0 Å². The fraction of sp³-hybridized carbons (Fsp3) is 0.0638. The summed E-state index contributed by atoms with van der Waals surface area (Å²) in [6, 6.07) is 60.6. The standard InChI is InChI=1S/C47H33NS/c1-47(2)42-17-8-6-15-38(42)39-26-23-36(29-43(39)47)48(34-14-10-13-32(27-34)30-11-4-3-5-12-30)35-22-25-37-33(28-35)20-19-31-21-24-41-40-16-7-9-18-44(40)49-46(41)45(31)37/h3-29H,1-2H3. The van der Waals surface area contributed by atoms with Gasteiger partial charge in [-0.15, -0.1) is 11.3 Å². The molecule has 0 saturated carbocycles. The highest BCUT2D eigenvalue weighted by atomic mass is 32.1. The first kappa shape index (κ1) is 28.3. The molecule has 0 bridgehead atoms. The number of fused-ring (bicyclic) bond motifs is 10. The minimum absolute atomic E-state index is 0.0859. The number of benzene rings is 8. The van der Waals surface area contributed by atoms with E-state index in [1.54, 1.807) is 0 Å². The van der Waals surface area contributed by atoms with Crippen LogP contribution in [0.4, 0.5) is 17.1 Å². The second-order valence-corrected chi connectivity index (χ2v) is 14.8. The van der Waals surface area contributed by atoms with Crippen LogP contribution in [0.2, 0.25) is 0 Å². The van der Waals surface area contributed by atoms with Gasteiger partial charge in [-0.05, 0) is 92.0 Å². The smallest absolute Gasteiger partial charge is 0.0468 e. The lowest BCUT2D eigenvalue weighted by atomic mass is 9.82. The van der Waals surface area contributed by atoms with E-state index >= 15 is 0 Å². The third-order valence-electron chi connectivity index (χ3n) is 10.6. The van der Waals surface area contributed by atoms with Gasteiger partial charge >= 0.3 is 0 Å². The molecule has 8 aromatic carbocycles. The summed E-state index contributed by atoms with van der Waals surface area (Å²) in [6.45, 7) is 4.72. The molecular weight excluding hydrogens is 611 g/mol. The Morgan fingerprint density at radius 2 is 1.12 bits per heavy atom. The van der Waals surface area contributed by atoms with E-state index in [9.17, 15) is 0 Å². The summed E-state index contributed by atoms with van der Waals surface area (Å²) in [7, 11) is 0. The van der Waals surface area contributed by atoms with E-state index in [1.165, 1.54) is 75.1 Å². The molecule has 9 aromatic rings. The maximum absolute atomic E-state index is 2.44. The lowest BCUT2D eigenvalue weighted by Gasteiger charge is -2.29. The molecule has 0 aliphatic heterocycles. The van der Waals surface area contributed by atoms with Gasteiger partial charge in [-0.2, -0.15) is 0 Å². The number of nitrogens with zero attached hydrogens (tertiary/aromatic N) is 1. The molecule has 49 heavy (non-hydrogen) atoms. The zero-order valence-electron chi connectivity index (χ0n) is 27.4. The van der Waals surface area contributed by atoms with Crippen molar-refractivity contribution in [1.82, 2.24) is 0 Å². The first-order valence-corrected chi connectivity index (χ1v) is 17.8. The van der Waals surface area contributed by atoms with E-state index in [2.05, 4.69) is 183 Å². The summed E-state index contributed by atoms with van der Waals surface area (Å²) in [6.07, 6.45) is 0. The summed E-state index contributed by atoms with van der Waals surface area (Å²) >= 11 is 1.91. The molecule has 1 nitrogen and oxygen atoms in total. The van der Waals surface area contributed by atoms with Crippen LogP contribution in [0.25, 0.3) is 64.0 Å². The number of hydrogen-bond donors (Lipinski definition) is 0. The predicted molar refractivity (Wildman–Crippen MR) is 212 cm³/mol. The van der Waals surface area contributed by atoms with Crippen LogP contribution in [-0.2, 0) is 5.41 Å². The van der Waals surface area contributed by atoms with Crippen LogP contribution in [0.1, 0.15) is 25.0 Å². The van der Waals surface area contributed by atoms with Crippen LogP contribution in [0.5, 0.6) is 0 Å². The largest absolute Gasteiger partial charge is 0.310 e. The van der Waals surface area contributed by atoms with Crippen LogP contribution in [0.15, 0.2) is 164 Å². The first-order chi connectivity index (χ1) is 24.0. The van der Waals surface area contributed by atoms with Gasteiger partial charge in [0.15, 0.2) is 0 Å². The van der Waals surface area contributed by atoms with Crippen molar-refractivity contribution in [2.45, 2.75) is 19.3 Å². The van der Waals surface area contributed by atoms with Crippen molar-refractivity contribution in [3.8, 4) is 22.3 Å². The van der Waals surface area contributed by atoms with Crippen LogP contribution >= 0.6 is 11.3 Å². The third kappa shape index (κ3) is 4.31. The summed E-state index contributed by atoms with van der Waals surface area (Å²) in [5, 5.41) is 7.84. The molecule has 1 aliphatic carbocycles. The fourth-order valence-corrected chi connectivity index (χ4v) is 9.46. The minimum Gasteiger partial charge on any atom is -0.310 e. The predicted octanol–water partition coefficient (Wildman–Crippen LogP) is 13.8. The number of hydrogen-bond acceptors (Lipinski definition) is 2. The van der Waals surface area contributed by atoms with Gasteiger partial charge in [0.2, 0.25) is 0 Å². The zero-order valence-corrected chi connectivity index (χ0v) is 28.3. The Morgan fingerprint density at radius 1 is 0.449 bits per heavy atom. The van der Waals surface area contributed by atoms with Crippen molar-refractivity contribution in [3.63, 3.8) is 0 Å². The molecule has 232 valence electrons. The Balaban J connectivity index is 1.19. The normalized spacial score (nSPS) is 13.3. The molecule has 0 saturated heterocycles. The van der Waals surface area contributed by atoms with E-state index in [4.69, 9.17) is 0 Å². The zero-order chi connectivity index (χ0) is 32.7. The van der Waals surface area contributed by atoms with Gasteiger partial charge in [0, 0.05) is 48.0 Å². The Bertz CT molecular complexity index is 2750. The van der Waals surface area contributed by atoms with Crippen molar-refractivity contribution in [2.24, 2.45) is 0 Å². The van der Waals surface area contributed by atoms with Crippen molar-refractivity contribution >= 4 is 70.1 Å². The number of anilines is 3. The molecule has 10 rings (SSSR count). The van der Waals surface area contributed by atoms with Gasteiger partial charge < -0.3 is 4.90 Å². The summed E-state index contributed by atoms with van der Waals surface area (Å²) in [5.74, 6) is 0. The summed E-state index contributed by atoms with van der Waals surface area (Å²) < 4.78 is 2.70. The molecule has 1 heterocycles. The molecule has 0 radical (unpaired) electrons. The SMILES string of the molecule is CC1(C)c2ccccc2-c2ccc(N(c3cccc(-c4ccccc4)c3)c3ccc4c(ccc5ccc6c7ccccc7sc6c54)c3)cc21. The highest BCUT2D eigenvalue weighted by Gasteiger charge is 2.35. The van der Waals surface area contributed by atoms with Gasteiger partial charge in [0.05, 0.1) is 0 Å². The molecule has 0 atom stereocenters. The molecule has 0 spiro atoms. The number of rotatable bonds is 4. The average Bonchev–Trinajstić information content (AvgIpc) is 3.64. The van der Waals surface area contributed by atoms with E-state index in [-0.39, 0.29) is 5.41 Å². The van der Waals surface area contributed by atoms with Crippen molar-refractivity contribution < 1.29 is 0 Å². The monoisotopic (exact) mass is 643 g/mol. The molecule has 0 N–H and O–H groups in total. The van der Waals surface area contributed by atoms with Gasteiger partial charge in [-0.1, -0.05) is 135 Å². The van der Waals surface area contributed by atoms with Crippen LogP contribution in [-0.4, -0.2) is 0 Å². The second kappa shape index (κ2) is 10.7. The van der Waals surface area contributed by atoms with E-state index in [0.29, 0.717) is 0 Å². The van der Waals surface area contributed by atoms with Crippen LogP contribution in [0.3, 0.4) is 0 Å². The highest BCUT2D eigenvalue weighted by Crippen LogP contribution is 2.51. The molecule has 0 fully saturated rings. The van der Waals surface area contributed by atoms with Crippen molar-refractivity contribution in [3.05, 3.63) is 175 Å². The second-order valence-electron chi connectivity index (χ2n) is 13.8. The van der Waals surface area contributed by atoms with Crippen LogP contribution < -0.4 is 4.90 Å². The van der Waals surface area contributed by atoms with Crippen LogP contribution in [0, 0.1) is 0 Å². The molecule has 0 amide bonds. The van der Waals surface area contributed by atoms with E-state index in [1.807, 2.05) is 11.3 Å². The molecule has 1 aromatic heterocycles. The fourth-order valence-electron chi connectivity index (χ4n) is 8.19. The summed E-state index contributed by atoms with van der Waals surface area (Å²) in [4.78, 5) is 2.44. The minimum atomic E-state index is -0.0859. The molecule has 0 unspecified atom stereocenters. The first-order valence-electron chi connectivity index (χ1n) is 17.0. The maximum Gasteiger partial charge on any atom is 0.0468 e. The Kier molecular flexibility index (Phi) is 6.16. The number of thiophene rings is 1. The van der Waals surface area contributed by atoms with Crippen molar-refractivity contribution in [2.75, 3.05) is 4.90 Å². The maximum atomic E-state index is 2.44. The quantitative estimate of drug-likeness (QED) is 0.173. The lowest BCUT2D eigenvalue weighted by molar-refractivity contribution is 0.660. The van der Waals surface area contributed by atoms with Gasteiger partial charge in [0.1, 0.15) is 0 Å². The molecule has 2 heteroatoms. The Hall–Kier alpha value is -5.70. The van der Waals surface area contributed by atoms with Gasteiger partial charge in [0.25, 0.3) is 0 Å². The van der Waals surface area contributed by atoms with Gasteiger partial charge in [-0.3, -0.25) is 0 Å². The molecule has 1 aliphatic rings. The Morgan fingerprint density at radius 3 is 2.04 bits per heavy atom. The molecular formula is C47H33NS. The topological polar surface area (TPSA) is 3.24 Å². The highest BCUT2D eigenvalue weighted by molar-refractivity contribution is 7.26. The van der Waals surface area contributed by atoms with Gasteiger partial charge in [-0.25, -0.2) is 0 Å². The Labute approximate surface area is 290 Å². The average molecular weight is 644 g/mol. The lowest BCUT2D eigenvalue weighted by Crippen LogP contribution is -2.16. The summed E-state index contributed by atoms with van der Waals surface area (Å²) in [5.41, 5.74) is 11.2. The van der Waals surface area contributed by atoms with E-state index < -0.39 is 0 Å².